The molecule has 114 valence electrons. The van der Waals surface area contributed by atoms with Gasteiger partial charge in [-0.1, -0.05) is 37.6 Å². The molecule has 2 rings (SSSR count). The third-order valence-electron chi connectivity index (χ3n) is 3.40. The molecule has 21 heavy (non-hydrogen) atoms. The van der Waals surface area contributed by atoms with Crippen LogP contribution in [0.1, 0.15) is 31.2 Å². The molecular formula is C17H23ClN2S. The molecule has 2 aromatic rings. The molecule has 0 atom stereocenters. The molecule has 0 aliphatic heterocycles. The van der Waals surface area contributed by atoms with Gasteiger partial charge in [-0.3, -0.25) is 0 Å². The van der Waals surface area contributed by atoms with Crippen molar-refractivity contribution >= 4 is 28.6 Å². The molecule has 0 fully saturated rings. The van der Waals surface area contributed by atoms with E-state index in [1.807, 2.05) is 6.07 Å². The molecule has 0 aliphatic carbocycles. The molecule has 0 saturated carbocycles. The summed E-state index contributed by atoms with van der Waals surface area (Å²) in [6.45, 7) is 9.28. The van der Waals surface area contributed by atoms with Crippen molar-refractivity contribution in [2.24, 2.45) is 0 Å². The van der Waals surface area contributed by atoms with E-state index in [0.29, 0.717) is 6.04 Å². The van der Waals surface area contributed by atoms with E-state index in [1.54, 1.807) is 11.3 Å². The molecule has 1 N–H and O–H groups in total. The lowest BCUT2D eigenvalue weighted by molar-refractivity contribution is 0.588. The van der Waals surface area contributed by atoms with Gasteiger partial charge in [-0.05, 0) is 36.1 Å². The summed E-state index contributed by atoms with van der Waals surface area (Å²) in [7, 11) is 0. The normalized spacial score (nSPS) is 11.1. The lowest BCUT2D eigenvalue weighted by atomic mass is 10.1. The Morgan fingerprint density at radius 3 is 2.71 bits per heavy atom. The Morgan fingerprint density at radius 1 is 1.29 bits per heavy atom. The quantitative estimate of drug-likeness (QED) is 0.777. The van der Waals surface area contributed by atoms with Crippen molar-refractivity contribution in [3.05, 3.63) is 51.2 Å². The van der Waals surface area contributed by atoms with Crippen molar-refractivity contribution in [1.82, 2.24) is 5.32 Å². The Bertz CT molecular complexity index is 552. The zero-order chi connectivity index (χ0) is 15.2. The van der Waals surface area contributed by atoms with E-state index < -0.39 is 0 Å². The van der Waals surface area contributed by atoms with Crippen LogP contribution in [0, 0.1) is 0 Å². The van der Waals surface area contributed by atoms with E-state index in [9.17, 15) is 0 Å². The largest absolute Gasteiger partial charge is 0.366 e. The minimum atomic E-state index is 0.473. The van der Waals surface area contributed by atoms with Gasteiger partial charge in [-0.15, -0.1) is 11.3 Å². The van der Waals surface area contributed by atoms with Crippen LogP contribution in [-0.4, -0.2) is 12.6 Å². The van der Waals surface area contributed by atoms with E-state index in [1.165, 1.54) is 16.1 Å². The van der Waals surface area contributed by atoms with Crippen molar-refractivity contribution in [1.29, 1.82) is 0 Å². The van der Waals surface area contributed by atoms with Gasteiger partial charge < -0.3 is 10.2 Å². The maximum atomic E-state index is 6.22. The van der Waals surface area contributed by atoms with E-state index >= 15 is 0 Å². The van der Waals surface area contributed by atoms with Crippen molar-refractivity contribution in [2.75, 3.05) is 11.4 Å². The molecule has 0 amide bonds. The maximum absolute atomic E-state index is 6.22. The van der Waals surface area contributed by atoms with E-state index in [2.05, 4.69) is 60.6 Å². The Balaban J connectivity index is 2.23. The van der Waals surface area contributed by atoms with Crippen LogP contribution in [0.2, 0.25) is 5.02 Å². The first-order valence-electron chi connectivity index (χ1n) is 7.39. The molecule has 0 radical (unpaired) electrons. The second kappa shape index (κ2) is 7.83. The number of anilines is 1. The average molecular weight is 323 g/mol. The third-order valence-corrected chi connectivity index (χ3v) is 4.49. The number of hydrogen-bond acceptors (Lipinski definition) is 3. The lowest BCUT2D eigenvalue weighted by Gasteiger charge is -2.26. The zero-order valence-corrected chi connectivity index (χ0v) is 14.5. The average Bonchev–Trinajstić information content (AvgIpc) is 2.96. The summed E-state index contributed by atoms with van der Waals surface area (Å²) in [4.78, 5) is 3.76. The molecule has 0 unspecified atom stereocenters. The first kappa shape index (κ1) is 16.3. The van der Waals surface area contributed by atoms with Gasteiger partial charge in [0.15, 0.2) is 0 Å². The predicted molar refractivity (Wildman–Crippen MR) is 94.5 cm³/mol. The second-order valence-corrected chi connectivity index (χ2v) is 6.87. The van der Waals surface area contributed by atoms with Crippen LogP contribution in [0.15, 0.2) is 35.7 Å². The third kappa shape index (κ3) is 4.73. The van der Waals surface area contributed by atoms with Crippen LogP contribution in [0.5, 0.6) is 0 Å². The molecule has 0 spiro atoms. The highest BCUT2D eigenvalue weighted by Gasteiger charge is 2.12. The summed E-state index contributed by atoms with van der Waals surface area (Å²) in [5.41, 5.74) is 2.53. The number of thiophene rings is 1. The number of halogens is 1. The van der Waals surface area contributed by atoms with Gasteiger partial charge in [0.25, 0.3) is 0 Å². The van der Waals surface area contributed by atoms with Gasteiger partial charge >= 0.3 is 0 Å². The zero-order valence-electron chi connectivity index (χ0n) is 12.9. The van der Waals surface area contributed by atoms with Crippen molar-refractivity contribution < 1.29 is 0 Å². The Hall–Kier alpha value is -1.03. The molecule has 0 bridgehead atoms. The van der Waals surface area contributed by atoms with Crippen molar-refractivity contribution in [2.45, 2.75) is 39.9 Å². The van der Waals surface area contributed by atoms with Crippen LogP contribution >= 0.6 is 22.9 Å². The summed E-state index contributed by atoms with van der Waals surface area (Å²) in [6.07, 6.45) is 0. The summed E-state index contributed by atoms with van der Waals surface area (Å²) in [5.74, 6) is 0. The molecule has 1 heterocycles. The van der Waals surface area contributed by atoms with E-state index in [-0.39, 0.29) is 0 Å². The van der Waals surface area contributed by atoms with E-state index in [0.717, 1.165) is 24.7 Å². The molecule has 1 aromatic heterocycles. The fourth-order valence-electron chi connectivity index (χ4n) is 2.25. The van der Waals surface area contributed by atoms with Gasteiger partial charge in [0.2, 0.25) is 0 Å². The van der Waals surface area contributed by atoms with Crippen LogP contribution in [0.3, 0.4) is 0 Å². The van der Waals surface area contributed by atoms with Gasteiger partial charge in [-0.2, -0.15) is 0 Å². The molecule has 0 saturated heterocycles. The highest BCUT2D eigenvalue weighted by atomic mass is 35.5. The smallest absolute Gasteiger partial charge is 0.0522 e. The Kier molecular flexibility index (Phi) is 6.09. The Morgan fingerprint density at radius 2 is 2.10 bits per heavy atom. The second-order valence-electron chi connectivity index (χ2n) is 5.40. The van der Waals surface area contributed by atoms with Crippen molar-refractivity contribution in [3.63, 3.8) is 0 Å². The standard InChI is InChI=1S/C17H23ClN2S/c1-4-20(12-16-6-5-9-21-16)17-10-15(18)8-7-14(17)11-19-13(2)3/h5-10,13,19H,4,11-12H2,1-3H3. The molecule has 1 aromatic carbocycles. The van der Waals surface area contributed by atoms with Crippen molar-refractivity contribution in [3.8, 4) is 0 Å². The Labute approximate surface area is 136 Å². The van der Waals surface area contributed by atoms with Gasteiger partial charge in [0, 0.05) is 34.7 Å². The minimum Gasteiger partial charge on any atom is -0.366 e. The summed E-state index contributed by atoms with van der Waals surface area (Å²) >= 11 is 8.02. The number of rotatable bonds is 7. The number of benzene rings is 1. The topological polar surface area (TPSA) is 15.3 Å². The van der Waals surface area contributed by atoms with Gasteiger partial charge in [0.1, 0.15) is 0 Å². The van der Waals surface area contributed by atoms with Crippen LogP contribution < -0.4 is 10.2 Å². The number of nitrogens with one attached hydrogen (secondary N) is 1. The molecule has 4 heteroatoms. The maximum Gasteiger partial charge on any atom is 0.0522 e. The van der Waals surface area contributed by atoms with Crippen LogP contribution in [-0.2, 0) is 13.1 Å². The summed E-state index contributed by atoms with van der Waals surface area (Å²) in [5, 5.41) is 6.41. The lowest BCUT2D eigenvalue weighted by Crippen LogP contribution is -2.26. The van der Waals surface area contributed by atoms with Crippen LogP contribution in [0.25, 0.3) is 0 Å². The van der Waals surface area contributed by atoms with Crippen LogP contribution in [0.4, 0.5) is 5.69 Å². The molecule has 2 nitrogen and oxygen atoms in total. The van der Waals surface area contributed by atoms with E-state index in [4.69, 9.17) is 11.6 Å². The minimum absolute atomic E-state index is 0.473. The van der Waals surface area contributed by atoms with Gasteiger partial charge in [-0.25, -0.2) is 0 Å². The SMILES string of the molecule is CCN(Cc1cccs1)c1cc(Cl)ccc1CNC(C)C. The number of hydrogen-bond donors (Lipinski definition) is 1. The highest BCUT2D eigenvalue weighted by Crippen LogP contribution is 2.27. The molecule has 0 aliphatic rings. The number of nitrogens with zero attached hydrogens (tertiary/aromatic N) is 1. The summed E-state index contributed by atoms with van der Waals surface area (Å²) < 4.78 is 0. The van der Waals surface area contributed by atoms with Gasteiger partial charge in [0.05, 0.1) is 6.54 Å². The molecular weight excluding hydrogens is 300 g/mol. The summed E-state index contributed by atoms with van der Waals surface area (Å²) in [6, 6.07) is 10.9. The monoisotopic (exact) mass is 322 g/mol. The fraction of sp³-hybridized carbons (Fsp3) is 0.412. The first-order chi connectivity index (χ1) is 10.1. The highest BCUT2D eigenvalue weighted by molar-refractivity contribution is 7.09. The first-order valence-corrected chi connectivity index (χ1v) is 8.65. The fourth-order valence-corrected chi connectivity index (χ4v) is 3.14. The predicted octanol–water partition coefficient (Wildman–Crippen LogP) is 4.93.